The van der Waals surface area contributed by atoms with Crippen molar-refractivity contribution in [1.82, 2.24) is 4.98 Å². The molecule has 0 aliphatic rings. The molecule has 3 nitrogen and oxygen atoms in total. The molecule has 0 atom stereocenters. The predicted octanol–water partition coefficient (Wildman–Crippen LogP) is 1.34. The van der Waals surface area contributed by atoms with E-state index >= 15 is 0 Å². The third-order valence-electron chi connectivity index (χ3n) is 1.19. The van der Waals surface area contributed by atoms with Crippen molar-refractivity contribution in [2.75, 3.05) is 0 Å². The van der Waals surface area contributed by atoms with Crippen molar-refractivity contribution in [3.63, 3.8) is 0 Å². The molecule has 0 aliphatic carbocycles. The topological polar surface area (TPSA) is 59.1 Å². The first-order chi connectivity index (χ1) is 5.04. The minimum absolute atomic E-state index is 0.780. The van der Waals surface area contributed by atoms with Gasteiger partial charge in [-0.2, -0.15) is 0 Å². The summed E-state index contributed by atoms with van der Waals surface area (Å²) >= 11 is 2.52. The van der Waals surface area contributed by atoms with E-state index in [9.17, 15) is 5.11 Å². The Balaban J connectivity index is 2.89. The van der Waals surface area contributed by atoms with Gasteiger partial charge in [0.05, 0.1) is 10.5 Å². The number of nitrogens with zero attached hydrogens (tertiary/aromatic N) is 1. The van der Waals surface area contributed by atoms with E-state index in [4.69, 9.17) is 5.14 Å². The number of nitrogens with two attached hydrogens (primary N) is 1. The Labute approximate surface area is 73.8 Å². The van der Waals surface area contributed by atoms with Crippen molar-refractivity contribution in [3.05, 3.63) is 11.1 Å². The summed E-state index contributed by atoms with van der Waals surface area (Å²) < 4.78 is 0.780. The highest BCUT2D eigenvalue weighted by molar-refractivity contribution is 7.98. The van der Waals surface area contributed by atoms with Crippen LogP contribution in [0.2, 0.25) is 0 Å². The lowest BCUT2D eigenvalue weighted by Crippen LogP contribution is -2.12. The lowest BCUT2D eigenvalue weighted by atomic mass is 10.1. The molecule has 1 rings (SSSR count). The van der Waals surface area contributed by atoms with Gasteiger partial charge in [-0.15, -0.1) is 11.3 Å². The fourth-order valence-corrected chi connectivity index (χ4v) is 1.82. The second-order valence-corrected chi connectivity index (χ2v) is 4.58. The molecule has 1 aromatic rings. The molecule has 0 amide bonds. The van der Waals surface area contributed by atoms with Gasteiger partial charge in [0.1, 0.15) is 0 Å². The zero-order valence-corrected chi connectivity index (χ0v) is 8.00. The van der Waals surface area contributed by atoms with Gasteiger partial charge < -0.3 is 5.11 Å². The number of aromatic nitrogens is 1. The summed E-state index contributed by atoms with van der Waals surface area (Å²) in [6.07, 6.45) is 1.65. The van der Waals surface area contributed by atoms with E-state index in [1.165, 1.54) is 11.3 Å². The van der Waals surface area contributed by atoms with Crippen LogP contribution in [0.4, 0.5) is 0 Å². The Morgan fingerprint density at radius 3 is 2.64 bits per heavy atom. The van der Waals surface area contributed by atoms with Crippen molar-refractivity contribution in [2.24, 2.45) is 5.14 Å². The van der Waals surface area contributed by atoms with E-state index in [-0.39, 0.29) is 0 Å². The van der Waals surface area contributed by atoms with E-state index in [0.717, 1.165) is 21.2 Å². The fraction of sp³-hybridized carbons (Fsp3) is 0.500. The summed E-state index contributed by atoms with van der Waals surface area (Å²) in [7, 11) is 0. The number of aliphatic hydroxyl groups is 1. The molecule has 0 radical (unpaired) electrons. The maximum absolute atomic E-state index is 9.52. The Hall–Kier alpha value is -0.100. The van der Waals surface area contributed by atoms with E-state index in [0.29, 0.717) is 0 Å². The van der Waals surface area contributed by atoms with Gasteiger partial charge in [0, 0.05) is 6.20 Å². The lowest BCUT2D eigenvalue weighted by molar-refractivity contribution is 0.0823. The highest BCUT2D eigenvalue weighted by Gasteiger charge is 2.18. The first kappa shape index (κ1) is 8.99. The quantitative estimate of drug-likeness (QED) is 0.691. The third-order valence-corrected chi connectivity index (χ3v) is 3.14. The molecule has 3 N–H and O–H groups in total. The molecule has 11 heavy (non-hydrogen) atoms. The molecule has 0 saturated heterocycles. The van der Waals surface area contributed by atoms with Gasteiger partial charge in [0.15, 0.2) is 4.34 Å². The Morgan fingerprint density at radius 1 is 1.73 bits per heavy atom. The first-order valence-electron chi connectivity index (χ1n) is 3.09. The minimum atomic E-state index is -0.800. The van der Waals surface area contributed by atoms with Crippen molar-refractivity contribution >= 4 is 23.3 Å². The number of rotatable bonds is 2. The standard InChI is InChI=1S/C6H10N2OS2/c1-6(2,9)4-3-8-5(10-4)11-7/h3,9H,7H2,1-2H3. The highest BCUT2D eigenvalue weighted by Crippen LogP contribution is 2.28. The van der Waals surface area contributed by atoms with Crippen LogP contribution in [0.1, 0.15) is 18.7 Å². The van der Waals surface area contributed by atoms with Gasteiger partial charge >= 0.3 is 0 Å². The molecule has 0 aromatic carbocycles. The molecular weight excluding hydrogens is 180 g/mol. The van der Waals surface area contributed by atoms with Gasteiger partial charge in [-0.05, 0) is 25.8 Å². The van der Waals surface area contributed by atoms with Crippen LogP contribution in [-0.4, -0.2) is 10.1 Å². The summed E-state index contributed by atoms with van der Waals surface area (Å²) in [5, 5.41) is 14.8. The minimum Gasteiger partial charge on any atom is -0.385 e. The van der Waals surface area contributed by atoms with Gasteiger partial charge in [-0.3, -0.25) is 5.14 Å². The van der Waals surface area contributed by atoms with Crippen LogP contribution in [0.15, 0.2) is 10.5 Å². The molecule has 1 heterocycles. The number of hydrogen-bond acceptors (Lipinski definition) is 5. The van der Waals surface area contributed by atoms with Crippen molar-refractivity contribution in [2.45, 2.75) is 23.8 Å². The maximum atomic E-state index is 9.52. The molecule has 0 aliphatic heterocycles. The van der Waals surface area contributed by atoms with Crippen molar-refractivity contribution in [1.29, 1.82) is 0 Å². The predicted molar refractivity (Wildman–Crippen MR) is 47.4 cm³/mol. The molecule has 1 aromatic heterocycles. The van der Waals surface area contributed by atoms with Gasteiger partial charge in [-0.1, -0.05) is 0 Å². The van der Waals surface area contributed by atoms with E-state index < -0.39 is 5.60 Å². The van der Waals surface area contributed by atoms with Crippen LogP contribution < -0.4 is 5.14 Å². The second-order valence-electron chi connectivity index (χ2n) is 2.67. The van der Waals surface area contributed by atoms with Crippen molar-refractivity contribution < 1.29 is 5.11 Å². The van der Waals surface area contributed by atoms with Crippen LogP contribution in [0.25, 0.3) is 0 Å². The van der Waals surface area contributed by atoms with Crippen LogP contribution in [-0.2, 0) is 5.60 Å². The summed E-state index contributed by atoms with van der Waals surface area (Å²) in [6, 6.07) is 0. The molecule has 0 unspecified atom stereocenters. The zero-order valence-electron chi connectivity index (χ0n) is 6.37. The second kappa shape index (κ2) is 3.10. The number of hydrogen-bond donors (Lipinski definition) is 2. The Bertz CT molecular complexity index is 241. The highest BCUT2D eigenvalue weighted by atomic mass is 32.2. The van der Waals surface area contributed by atoms with Crippen molar-refractivity contribution in [3.8, 4) is 0 Å². The van der Waals surface area contributed by atoms with E-state index in [1.807, 2.05) is 0 Å². The maximum Gasteiger partial charge on any atom is 0.165 e. The Kier molecular flexibility index (Phi) is 2.54. The van der Waals surface area contributed by atoms with Gasteiger partial charge in [0.2, 0.25) is 0 Å². The summed E-state index contributed by atoms with van der Waals surface area (Å²) in [5.41, 5.74) is -0.800. The molecule has 0 spiro atoms. The summed E-state index contributed by atoms with van der Waals surface area (Å²) in [5.74, 6) is 0. The fourth-order valence-electron chi connectivity index (χ4n) is 0.595. The van der Waals surface area contributed by atoms with Crippen LogP contribution in [0, 0.1) is 0 Å². The van der Waals surface area contributed by atoms with Gasteiger partial charge in [-0.25, -0.2) is 4.98 Å². The Morgan fingerprint density at radius 2 is 2.36 bits per heavy atom. The normalized spacial score (nSPS) is 12.0. The number of thiazole rings is 1. The summed E-state index contributed by atoms with van der Waals surface area (Å²) in [4.78, 5) is 4.84. The monoisotopic (exact) mass is 190 g/mol. The molecule has 62 valence electrons. The molecular formula is C6H10N2OS2. The zero-order chi connectivity index (χ0) is 8.48. The lowest BCUT2D eigenvalue weighted by Gasteiger charge is -2.12. The SMILES string of the molecule is CC(C)(O)c1cnc(SN)s1. The molecule has 0 bridgehead atoms. The average Bonchev–Trinajstić information content (AvgIpc) is 2.32. The molecule has 0 saturated carbocycles. The average molecular weight is 190 g/mol. The molecule has 5 heteroatoms. The largest absolute Gasteiger partial charge is 0.385 e. The van der Waals surface area contributed by atoms with Crippen LogP contribution >= 0.6 is 23.3 Å². The van der Waals surface area contributed by atoms with Crippen LogP contribution in [0.3, 0.4) is 0 Å². The first-order valence-corrected chi connectivity index (χ1v) is 4.79. The summed E-state index contributed by atoms with van der Waals surface area (Å²) in [6.45, 7) is 3.46. The molecule has 0 fully saturated rings. The van der Waals surface area contributed by atoms with Gasteiger partial charge in [0.25, 0.3) is 0 Å². The van der Waals surface area contributed by atoms with E-state index in [1.54, 1.807) is 20.0 Å². The smallest absolute Gasteiger partial charge is 0.165 e. The third kappa shape index (κ3) is 2.16. The van der Waals surface area contributed by atoms with E-state index in [2.05, 4.69) is 4.98 Å². The van der Waals surface area contributed by atoms with Crippen LogP contribution in [0.5, 0.6) is 0 Å².